The molecular weight excluding hydrogens is 354 g/mol. The predicted molar refractivity (Wildman–Crippen MR) is 93.4 cm³/mol. The summed E-state index contributed by atoms with van der Waals surface area (Å²) in [6, 6.07) is 4.00. The van der Waals surface area contributed by atoms with E-state index in [0.29, 0.717) is 45.3 Å². The van der Waals surface area contributed by atoms with Crippen molar-refractivity contribution in [2.45, 2.75) is 38.6 Å². The van der Waals surface area contributed by atoms with E-state index in [2.05, 4.69) is 0 Å². The van der Waals surface area contributed by atoms with Gasteiger partial charge in [0.2, 0.25) is 11.8 Å². The average Bonchev–Trinajstić information content (AvgIpc) is 3.36. The second-order valence-electron chi connectivity index (χ2n) is 8.24. The lowest BCUT2D eigenvalue weighted by molar-refractivity contribution is -0.147. The molecule has 2 saturated heterocycles. The van der Waals surface area contributed by atoms with Crippen molar-refractivity contribution >= 4 is 11.8 Å². The van der Waals surface area contributed by atoms with Crippen LogP contribution in [0.15, 0.2) is 18.2 Å². The number of hydrogen-bond donors (Lipinski definition) is 1. The lowest BCUT2D eigenvalue weighted by atomic mass is 9.78. The van der Waals surface area contributed by atoms with Gasteiger partial charge in [-0.1, -0.05) is 12.1 Å². The van der Waals surface area contributed by atoms with Crippen LogP contribution < -0.4 is 0 Å². The zero-order valence-electron chi connectivity index (χ0n) is 15.2. The number of nitrogens with zero attached hydrogens (tertiary/aromatic N) is 2. The lowest BCUT2D eigenvalue weighted by Crippen LogP contribution is -2.50. The molecule has 1 spiro atoms. The number of amides is 2. The Labute approximate surface area is 156 Å². The van der Waals surface area contributed by atoms with Crippen molar-refractivity contribution in [3.05, 3.63) is 35.4 Å². The van der Waals surface area contributed by atoms with Gasteiger partial charge in [-0.3, -0.25) is 9.59 Å². The first-order valence-corrected chi connectivity index (χ1v) is 9.53. The number of hydrogen-bond acceptors (Lipinski definition) is 3. The fourth-order valence-electron chi connectivity index (χ4n) is 4.53. The van der Waals surface area contributed by atoms with Crippen LogP contribution in [0.25, 0.3) is 0 Å². The van der Waals surface area contributed by atoms with Crippen LogP contribution in [0.4, 0.5) is 8.78 Å². The minimum absolute atomic E-state index is 0.0404. The summed E-state index contributed by atoms with van der Waals surface area (Å²) >= 11 is 0. The van der Waals surface area contributed by atoms with Crippen LogP contribution in [0.3, 0.4) is 0 Å². The smallest absolute Gasteiger partial charge is 0.231 e. The molecule has 3 aliphatic rings. The third-order valence-corrected chi connectivity index (χ3v) is 6.47. The van der Waals surface area contributed by atoms with Crippen molar-refractivity contribution in [2.24, 2.45) is 10.8 Å². The Morgan fingerprint density at radius 3 is 2.63 bits per heavy atom. The van der Waals surface area contributed by atoms with Crippen molar-refractivity contribution in [1.82, 2.24) is 9.80 Å². The van der Waals surface area contributed by atoms with E-state index in [0.717, 1.165) is 12.5 Å². The van der Waals surface area contributed by atoms with E-state index in [9.17, 15) is 23.5 Å². The normalized spacial score (nSPS) is 26.7. The highest BCUT2D eigenvalue weighted by Crippen LogP contribution is 2.49. The van der Waals surface area contributed by atoms with Crippen LogP contribution >= 0.6 is 0 Å². The molecule has 2 amide bonds. The largest absolute Gasteiger partial charge is 0.395 e. The molecule has 0 aromatic heterocycles. The van der Waals surface area contributed by atoms with E-state index >= 15 is 0 Å². The maximum atomic E-state index is 14.0. The molecule has 7 heteroatoms. The summed E-state index contributed by atoms with van der Waals surface area (Å²) in [5, 5.41) is 9.51. The number of benzene rings is 1. The van der Waals surface area contributed by atoms with Gasteiger partial charge < -0.3 is 14.9 Å². The topological polar surface area (TPSA) is 60.9 Å². The van der Waals surface area contributed by atoms with Crippen molar-refractivity contribution in [2.75, 3.05) is 26.2 Å². The van der Waals surface area contributed by atoms with E-state index in [1.54, 1.807) is 9.80 Å². The number of aliphatic hydroxyl groups excluding tert-OH is 1. The summed E-state index contributed by atoms with van der Waals surface area (Å²) < 4.78 is 27.5. The summed E-state index contributed by atoms with van der Waals surface area (Å²) in [7, 11) is 0. The van der Waals surface area contributed by atoms with Gasteiger partial charge in [0.25, 0.3) is 0 Å². The van der Waals surface area contributed by atoms with E-state index in [1.807, 2.05) is 0 Å². The van der Waals surface area contributed by atoms with Gasteiger partial charge >= 0.3 is 0 Å². The highest BCUT2D eigenvalue weighted by molar-refractivity contribution is 5.89. The molecule has 2 aliphatic heterocycles. The highest BCUT2D eigenvalue weighted by atomic mass is 19.2. The molecule has 0 unspecified atom stereocenters. The van der Waals surface area contributed by atoms with Crippen LogP contribution in [0.1, 0.15) is 37.7 Å². The maximum Gasteiger partial charge on any atom is 0.231 e. The molecule has 1 atom stereocenters. The number of carbonyl (C=O) groups excluding carboxylic acids is 2. The molecule has 1 saturated carbocycles. The van der Waals surface area contributed by atoms with Crippen molar-refractivity contribution in [3.8, 4) is 0 Å². The van der Waals surface area contributed by atoms with Crippen LogP contribution in [-0.2, 0) is 16.1 Å². The average molecular weight is 378 g/mol. The maximum absolute atomic E-state index is 14.0. The van der Waals surface area contributed by atoms with Gasteiger partial charge in [0.1, 0.15) is 0 Å². The third kappa shape index (κ3) is 3.02. The molecule has 2 heterocycles. The number of rotatable bonds is 4. The van der Waals surface area contributed by atoms with Gasteiger partial charge in [0.15, 0.2) is 11.6 Å². The van der Waals surface area contributed by atoms with Crippen LogP contribution in [0.5, 0.6) is 0 Å². The minimum atomic E-state index is -0.914. The van der Waals surface area contributed by atoms with Gasteiger partial charge in [0, 0.05) is 31.7 Å². The van der Waals surface area contributed by atoms with E-state index in [-0.39, 0.29) is 30.5 Å². The SMILES string of the molecule is O=C(N1CC[C@]2(CCCN(Cc3cccc(F)c3F)C2=O)C1)C1(CO)CC1. The fraction of sp³-hybridized carbons (Fsp3) is 0.600. The molecule has 1 N–H and O–H groups in total. The van der Waals surface area contributed by atoms with Gasteiger partial charge in [-0.25, -0.2) is 8.78 Å². The monoisotopic (exact) mass is 378 g/mol. The Morgan fingerprint density at radius 2 is 1.93 bits per heavy atom. The summed E-state index contributed by atoms with van der Waals surface area (Å²) in [4.78, 5) is 29.2. The molecule has 3 fully saturated rings. The van der Waals surface area contributed by atoms with Crippen LogP contribution in [0.2, 0.25) is 0 Å². The molecule has 1 aromatic carbocycles. The van der Waals surface area contributed by atoms with Gasteiger partial charge in [-0.15, -0.1) is 0 Å². The molecule has 146 valence electrons. The Bertz CT molecular complexity index is 780. The number of carbonyl (C=O) groups is 2. The Kier molecular flexibility index (Phi) is 4.45. The van der Waals surface area contributed by atoms with Crippen molar-refractivity contribution in [3.63, 3.8) is 0 Å². The first kappa shape index (κ1) is 18.3. The second kappa shape index (κ2) is 6.55. The second-order valence-corrected chi connectivity index (χ2v) is 8.24. The summed E-state index contributed by atoms with van der Waals surface area (Å²) in [6.45, 7) is 1.26. The fourth-order valence-corrected chi connectivity index (χ4v) is 4.53. The van der Waals surface area contributed by atoms with Gasteiger partial charge in [-0.05, 0) is 38.2 Å². The third-order valence-electron chi connectivity index (χ3n) is 6.47. The molecule has 0 radical (unpaired) electrons. The van der Waals surface area contributed by atoms with Crippen LogP contribution in [-0.4, -0.2) is 53.0 Å². The Hall–Kier alpha value is -2.02. The molecule has 0 bridgehead atoms. The molecule has 27 heavy (non-hydrogen) atoms. The molecular formula is C20H24F2N2O3. The van der Waals surface area contributed by atoms with Crippen molar-refractivity contribution in [1.29, 1.82) is 0 Å². The number of likely N-dealkylation sites (tertiary alicyclic amines) is 2. The first-order valence-electron chi connectivity index (χ1n) is 9.53. The van der Waals surface area contributed by atoms with E-state index in [1.165, 1.54) is 12.1 Å². The van der Waals surface area contributed by atoms with Gasteiger partial charge in [0.05, 0.1) is 17.4 Å². The Balaban J connectivity index is 1.49. The number of halogens is 2. The zero-order valence-corrected chi connectivity index (χ0v) is 15.2. The molecule has 5 nitrogen and oxygen atoms in total. The van der Waals surface area contributed by atoms with E-state index in [4.69, 9.17) is 0 Å². The van der Waals surface area contributed by atoms with Crippen molar-refractivity contribution < 1.29 is 23.5 Å². The number of aliphatic hydroxyl groups is 1. The Morgan fingerprint density at radius 1 is 1.15 bits per heavy atom. The standard InChI is InChI=1S/C20H24F2N2O3/c21-15-4-1-3-14(16(15)22)11-23-9-2-5-19(17(23)26)8-10-24(12-19)18(27)20(13-25)6-7-20/h1,3-4,25H,2,5-13H2/t19-/m1/s1. The summed E-state index contributed by atoms with van der Waals surface area (Å²) in [5.74, 6) is -1.96. The quantitative estimate of drug-likeness (QED) is 0.873. The first-order chi connectivity index (χ1) is 12.9. The highest BCUT2D eigenvalue weighted by Gasteiger charge is 2.56. The van der Waals surface area contributed by atoms with Gasteiger partial charge in [-0.2, -0.15) is 0 Å². The van der Waals surface area contributed by atoms with Crippen LogP contribution in [0, 0.1) is 22.5 Å². The number of piperidine rings is 1. The zero-order chi connectivity index (χ0) is 19.2. The predicted octanol–water partition coefficient (Wildman–Crippen LogP) is 2.08. The van der Waals surface area contributed by atoms with E-state index < -0.39 is 22.5 Å². The molecule has 1 aliphatic carbocycles. The minimum Gasteiger partial charge on any atom is -0.395 e. The summed E-state index contributed by atoms with van der Waals surface area (Å²) in [6.07, 6.45) is 3.45. The summed E-state index contributed by atoms with van der Waals surface area (Å²) in [5.41, 5.74) is -1.10. The molecule has 4 rings (SSSR count). The lowest BCUT2D eigenvalue weighted by Gasteiger charge is -2.39. The molecule has 1 aromatic rings.